The molecule has 1 unspecified atom stereocenters. The molecule has 1 heterocycles. The summed E-state index contributed by atoms with van der Waals surface area (Å²) < 4.78 is 0. The minimum absolute atomic E-state index is 0.0821. The molecule has 1 atom stereocenters. The van der Waals surface area contributed by atoms with E-state index in [1.54, 1.807) is 11.3 Å². The van der Waals surface area contributed by atoms with Crippen molar-refractivity contribution in [2.75, 3.05) is 0 Å². The van der Waals surface area contributed by atoms with E-state index in [0.717, 1.165) is 29.1 Å². The van der Waals surface area contributed by atoms with Gasteiger partial charge in [0.15, 0.2) is 0 Å². The van der Waals surface area contributed by atoms with Crippen molar-refractivity contribution in [1.29, 1.82) is 0 Å². The van der Waals surface area contributed by atoms with Gasteiger partial charge in [-0.15, -0.1) is 11.3 Å². The van der Waals surface area contributed by atoms with Crippen molar-refractivity contribution in [3.63, 3.8) is 0 Å². The number of carbonyl (C=O) groups excluding carboxylic acids is 1. The molecule has 16 heavy (non-hydrogen) atoms. The first-order chi connectivity index (χ1) is 7.63. The van der Waals surface area contributed by atoms with E-state index in [-0.39, 0.29) is 11.9 Å². The highest BCUT2D eigenvalue weighted by Crippen LogP contribution is 2.10. The van der Waals surface area contributed by atoms with Crippen molar-refractivity contribution in [2.45, 2.75) is 45.7 Å². The van der Waals surface area contributed by atoms with Gasteiger partial charge in [-0.05, 0) is 13.3 Å². The van der Waals surface area contributed by atoms with E-state index in [1.165, 1.54) is 0 Å². The van der Waals surface area contributed by atoms with Crippen molar-refractivity contribution in [3.05, 3.63) is 16.1 Å². The Morgan fingerprint density at radius 1 is 1.69 bits per heavy atom. The monoisotopic (exact) mass is 241 g/mol. The summed E-state index contributed by atoms with van der Waals surface area (Å²) in [7, 11) is 0. The molecule has 0 spiro atoms. The zero-order valence-corrected chi connectivity index (χ0v) is 10.6. The molecule has 0 aliphatic rings. The summed E-state index contributed by atoms with van der Waals surface area (Å²) >= 11 is 1.59. The molecule has 1 aromatic heterocycles. The highest BCUT2D eigenvalue weighted by Gasteiger charge is 2.12. The maximum Gasteiger partial charge on any atom is 0.237 e. The Morgan fingerprint density at radius 2 is 2.44 bits per heavy atom. The lowest BCUT2D eigenvalue weighted by atomic mass is 10.1. The van der Waals surface area contributed by atoms with Crippen molar-refractivity contribution >= 4 is 17.2 Å². The molecule has 5 heteroatoms. The third-order valence-corrected chi connectivity index (χ3v) is 3.20. The van der Waals surface area contributed by atoms with Gasteiger partial charge in [0, 0.05) is 11.1 Å². The van der Waals surface area contributed by atoms with Crippen LogP contribution in [0.5, 0.6) is 0 Å². The third kappa shape index (κ3) is 4.28. The van der Waals surface area contributed by atoms with Gasteiger partial charge in [0.2, 0.25) is 5.91 Å². The van der Waals surface area contributed by atoms with Gasteiger partial charge in [-0.3, -0.25) is 4.79 Å². The molecule has 0 saturated carbocycles. The number of amides is 1. The van der Waals surface area contributed by atoms with Gasteiger partial charge >= 0.3 is 0 Å². The normalized spacial score (nSPS) is 12.4. The molecule has 0 bridgehead atoms. The molecule has 0 radical (unpaired) electrons. The predicted molar refractivity (Wildman–Crippen MR) is 66.2 cm³/mol. The molecular weight excluding hydrogens is 222 g/mol. The summed E-state index contributed by atoms with van der Waals surface area (Å²) in [5.74, 6) is -0.0821. The van der Waals surface area contributed by atoms with Gasteiger partial charge < -0.3 is 11.1 Å². The first-order valence-corrected chi connectivity index (χ1v) is 6.39. The fourth-order valence-corrected chi connectivity index (χ4v) is 2.06. The lowest BCUT2D eigenvalue weighted by Gasteiger charge is -2.10. The largest absolute Gasteiger partial charge is 0.348 e. The van der Waals surface area contributed by atoms with Crippen molar-refractivity contribution < 1.29 is 4.79 Å². The quantitative estimate of drug-likeness (QED) is 0.794. The highest BCUT2D eigenvalue weighted by molar-refractivity contribution is 7.11. The van der Waals surface area contributed by atoms with E-state index in [9.17, 15) is 4.79 Å². The van der Waals surface area contributed by atoms with Crippen LogP contribution in [0, 0.1) is 6.92 Å². The second-order valence-electron chi connectivity index (χ2n) is 3.83. The van der Waals surface area contributed by atoms with Crippen molar-refractivity contribution in [1.82, 2.24) is 10.3 Å². The number of hydrogen-bond acceptors (Lipinski definition) is 4. The molecule has 0 saturated heterocycles. The van der Waals surface area contributed by atoms with Gasteiger partial charge in [0.05, 0.1) is 12.6 Å². The fraction of sp³-hybridized carbons (Fsp3) is 0.636. The summed E-state index contributed by atoms with van der Waals surface area (Å²) in [6.07, 6.45) is 4.61. The summed E-state index contributed by atoms with van der Waals surface area (Å²) in [4.78, 5) is 16.9. The first-order valence-electron chi connectivity index (χ1n) is 5.58. The lowest BCUT2D eigenvalue weighted by molar-refractivity contribution is -0.122. The number of nitrogens with two attached hydrogens (primary N) is 1. The number of rotatable bonds is 6. The smallest absolute Gasteiger partial charge is 0.237 e. The van der Waals surface area contributed by atoms with Crippen LogP contribution in [0.4, 0.5) is 0 Å². The lowest BCUT2D eigenvalue weighted by Crippen LogP contribution is -2.40. The van der Waals surface area contributed by atoms with Gasteiger partial charge in [-0.2, -0.15) is 0 Å². The molecule has 0 aromatic carbocycles. The van der Waals surface area contributed by atoms with E-state index >= 15 is 0 Å². The van der Waals surface area contributed by atoms with Crippen LogP contribution in [-0.2, 0) is 11.3 Å². The molecule has 3 N–H and O–H groups in total. The molecule has 0 fully saturated rings. The molecule has 90 valence electrons. The van der Waals surface area contributed by atoms with E-state index < -0.39 is 0 Å². The Labute approximate surface area is 100 Å². The van der Waals surface area contributed by atoms with Crippen LogP contribution in [0.1, 0.15) is 36.1 Å². The molecule has 1 amide bonds. The number of nitrogens with one attached hydrogen (secondary N) is 1. The van der Waals surface area contributed by atoms with Crippen LogP contribution in [0.2, 0.25) is 0 Å². The SMILES string of the molecule is CCCCC(N)C(=O)NCc1ncc(C)s1. The molecule has 0 aliphatic carbocycles. The van der Waals surface area contributed by atoms with Crippen LogP contribution in [0.25, 0.3) is 0 Å². The third-order valence-electron chi connectivity index (χ3n) is 2.29. The Hall–Kier alpha value is -0.940. The number of carbonyl (C=O) groups is 1. The Morgan fingerprint density at radius 3 is 3.00 bits per heavy atom. The first kappa shape index (κ1) is 13.1. The van der Waals surface area contributed by atoms with Gasteiger partial charge in [-0.1, -0.05) is 19.8 Å². The standard InChI is InChI=1S/C11H19N3OS/c1-3-4-5-9(12)11(15)14-7-10-13-6-8(2)16-10/h6,9H,3-5,7,12H2,1-2H3,(H,14,15). The molecule has 4 nitrogen and oxygen atoms in total. The van der Waals surface area contributed by atoms with E-state index in [1.807, 2.05) is 13.1 Å². The number of aromatic nitrogens is 1. The Kier molecular flexibility index (Phi) is 5.42. The van der Waals surface area contributed by atoms with Crippen LogP contribution in [0.15, 0.2) is 6.20 Å². The topological polar surface area (TPSA) is 68.0 Å². The minimum atomic E-state index is -0.388. The predicted octanol–water partition coefficient (Wildman–Crippen LogP) is 1.59. The summed E-state index contributed by atoms with van der Waals surface area (Å²) in [6.45, 7) is 4.57. The number of nitrogens with zero attached hydrogens (tertiary/aromatic N) is 1. The van der Waals surface area contributed by atoms with Crippen LogP contribution >= 0.6 is 11.3 Å². The van der Waals surface area contributed by atoms with Crippen LogP contribution in [0.3, 0.4) is 0 Å². The second kappa shape index (κ2) is 6.60. The van der Waals surface area contributed by atoms with Crippen molar-refractivity contribution in [3.8, 4) is 0 Å². The summed E-state index contributed by atoms with van der Waals surface area (Å²) in [5.41, 5.74) is 5.74. The minimum Gasteiger partial charge on any atom is -0.348 e. The van der Waals surface area contributed by atoms with Gasteiger partial charge in [0.25, 0.3) is 0 Å². The van der Waals surface area contributed by atoms with E-state index in [4.69, 9.17) is 5.73 Å². The molecular formula is C11H19N3OS. The maximum absolute atomic E-state index is 11.6. The van der Waals surface area contributed by atoms with E-state index in [0.29, 0.717) is 6.54 Å². The number of hydrogen-bond donors (Lipinski definition) is 2. The molecule has 1 aromatic rings. The van der Waals surface area contributed by atoms with Crippen molar-refractivity contribution in [2.24, 2.45) is 5.73 Å². The Balaban J connectivity index is 2.29. The molecule has 1 rings (SSSR count). The van der Waals surface area contributed by atoms with Crippen LogP contribution < -0.4 is 11.1 Å². The Bertz CT molecular complexity index is 338. The summed E-state index contributed by atoms with van der Waals surface area (Å²) in [5, 5.41) is 3.73. The highest BCUT2D eigenvalue weighted by atomic mass is 32.1. The summed E-state index contributed by atoms with van der Waals surface area (Å²) in [6, 6.07) is -0.388. The van der Waals surface area contributed by atoms with Crippen LogP contribution in [-0.4, -0.2) is 16.9 Å². The van der Waals surface area contributed by atoms with E-state index in [2.05, 4.69) is 17.2 Å². The zero-order chi connectivity index (χ0) is 12.0. The number of aryl methyl sites for hydroxylation is 1. The average molecular weight is 241 g/mol. The maximum atomic E-state index is 11.6. The number of unbranched alkanes of at least 4 members (excludes halogenated alkanes) is 1. The fourth-order valence-electron chi connectivity index (χ4n) is 1.33. The van der Waals surface area contributed by atoms with Gasteiger partial charge in [-0.25, -0.2) is 4.98 Å². The average Bonchev–Trinajstić information content (AvgIpc) is 2.68. The molecule has 0 aliphatic heterocycles. The second-order valence-corrected chi connectivity index (χ2v) is 5.15. The number of thiazole rings is 1. The van der Waals surface area contributed by atoms with Gasteiger partial charge in [0.1, 0.15) is 5.01 Å². The zero-order valence-electron chi connectivity index (χ0n) is 9.82.